The molecule has 3 unspecified atom stereocenters. The number of hydrogen-bond acceptors (Lipinski definition) is 8. The number of rotatable bonds is 9. The van der Waals surface area contributed by atoms with E-state index in [-0.39, 0.29) is 11.9 Å². The van der Waals surface area contributed by atoms with E-state index in [1.165, 1.54) is 31.0 Å². The van der Waals surface area contributed by atoms with E-state index in [1.54, 1.807) is 14.2 Å². The number of furan rings is 1. The second-order valence-corrected chi connectivity index (χ2v) is 12.7. The van der Waals surface area contributed by atoms with Crippen molar-refractivity contribution in [2.75, 3.05) is 46.9 Å². The van der Waals surface area contributed by atoms with Crippen LogP contribution in [0.15, 0.2) is 33.6 Å². The van der Waals surface area contributed by atoms with E-state index < -0.39 is 0 Å². The standard InChI is InChI=1S/C30H37N3O4S2/c1-35-22-7-8-23(26(17-22)36-2)27-16-21(4-3-11-32-12-9-31-10-13-32)25(37-27)18-28-29(34)33(30(38)39-28)24-15-19-5-6-20(24)14-19/h7-8,16-20,24,31H,3-6,9-15H2,1-2H3/b28-18-. The molecule has 9 heteroatoms. The van der Waals surface area contributed by atoms with Gasteiger partial charge in [0.1, 0.15) is 27.3 Å². The first-order chi connectivity index (χ1) is 19.0. The van der Waals surface area contributed by atoms with Crippen LogP contribution in [0.3, 0.4) is 0 Å². The van der Waals surface area contributed by atoms with E-state index in [1.807, 2.05) is 29.2 Å². The Hall–Kier alpha value is -2.33. The van der Waals surface area contributed by atoms with E-state index in [2.05, 4.69) is 16.3 Å². The Bertz CT molecular complexity index is 1270. The molecule has 0 spiro atoms. The Balaban J connectivity index is 1.28. The van der Waals surface area contributed by atoms with Gasteiger partial charge >= 0.3 is 0 Å². The zero-order chi connectivity index (χ0) is 26.9. The molecule has 2 saturated heterocycles. The summed E-state index contributed by atoms with van der Waals surface area (Å²) >= 11 is 7.15. The summed E-state index contributed by atoms with van der Waals surface area (Å²) in [6, 6.07) is 8.09. The van der Waals surface area contributed by atoms with Crippen molar-refractivity contribution in [3.63, 3.8) is 0 Å². The van der Waals surface area contributed by atoms with Crippen LogP contribution in [0.2, 0.25) is 0 Å². The van der Waals surface area contributed by atoms with Crippen LogP contribution in [0.5, 0.6) is 11.5 Å². The topological polar surface area (TPSA) is 67.2 Å². The zero-order valence-electron chi connectivity index (χ0n) is 22.7. The molecule has 1 amide bonds. The number of carbonyl (C=O) groups is 1. The maximum atomic E-state index is 13.6. The first-order valence-electron chi connectivity index (χ1n) is 14.1. The minimum Gasteiger partial charge on any atom is -0.497 e. The molecule has 3 atom stereocenters. The van der Waals surface area contributed by atoms with Crippen molar-refractivity contribution in [3.05, 3.63) is 40.5 Å². The Labute approximate surface area is 240 Å². The van der Waals surface area contributed by atoms with Crippen molar-refractivity contribution >= 4 is 40.3 Å². The van der Waals surface area contributed by atoms with Gasteiger partial charge in [-0.2, -0.15) is 0 Å². The molecule has 3 heterocycles. The molecule has 2 aromatic rings. The summed E-state index contributed by atoms with van der Waals surface area (Å²) in [7, 11) is 3.29. The van der Waals surface area contributed by atoms with Gasteiger partial charge in [-0.15, -0.1) is 0 Å². The molecular weight excluding hydrogens is 530 g/mol. The SMILES string of the molecule is COc1ccc(-c2cc(CCCN3CCNCC3)c(/C=C3\SC(=S)N(C4CC5CCC4C5)C3=O)o2)c(OC)c1. The third-order valence-electron chi connectivity index (χ3n) is 8.76. The number of aryl methyl sites for hydroxylation is 1. The van der Waals surface area contributed by atoms with Gasteiger partial charge in [-0.3, -0.25) is 9.69 Å². The van der Waals surface area contributed by atoms with Crippen LogP contribution >= 0.6 is 24.0 Å². The quantitative estimate of drug-likeness (QED) is 0.328. The normalized spacial score (nSPS) is 26.3. The van der Waals surface area contributed by atoms with Gasteiger partial charge in [0.2, 0.25) is 0 Å². The van der Waals surface area contributed by atoms with Gasteiger partial charge in [0.25, 0.3) is 5.91 Å². The fourth-order valence-corrected chi connectivity index (χ4v) is 8.08. The van der Waals surface area contributed by atoms with E-state index in [0.717, 1.165) is 86.3 Å². The molecular formula is C30H37N3O4S2. The third-order valence-corrected chi connectivity index (χ3v) is 10.1. The van der Waals surface area contributed by atoms with Crippen molar-refractivity contribution in [3.8, 4) is 22.8 Å². The summed E-state index contributed by atoms with van der Waals surface area (Å²) < 4.78 is 18.2. The maximum absolute atomic E-state index is 13.6. The summed E-state index contributed by atoms with van der Waals surface area (Å²) in [4.78, 5) is 18.7. The van der Waals surface area contributed by atoms with Crippen molar-refractivity contribution in [2.24, 2.45) is 11.8 Å². The molecule has 39 heavy (non-hydrogen) atoms. The highest BCUT2D eigenvalue weighted by molar-refractivity contribution is 8.26. The monoisotopic (exact) mass is 567 g/mol. The molecule has 1 N–H and O–H groups in total. The predicted molar refractivity (Wildman–Crippen MR) is 159 cm³/mol. The first kappa shape index (κ1) is 26.9. The maximum Gasteiger partial charge on any atom is 0.266 e. The number of piperazine rings is 1. The van der Waals surface area contributed by atoms with Crippen LogP contribution < -0.4 is 14.8 Å². The number of fused-ring (bicyclic) bond motifs is 2. The molecule has 0 radical (unpaired) electrons. The average molecular weight is 568 g/mol. The van der Waals surface area contributed by atoms with Gasteiger partial charge in [-0.1, -0.05) is 30.4 Å². The van der Waals surface area contributed by atoms with E-state index in [0.29, 0.717) is 20.9 Å². The lowest BCUT2D eigenvalue weighted by molar-refractivity contribution is -0.124. The van der Waals surface area contributed by atoms with Gasteiger partial charge in [-0.25, -0.2) is 0 Å². The molecule has 7 nitrogen and oxygen atoms in total. The number of thiocarbonyl (C=S) groups is 1. The van der Waals surface area contributed by atoms with Gasteiger partial charge in [0.05, 0.1) is 24.7 Å². The molecule has 2 aliphatic heterocycles. The molecule has 4 aliphatic rings. The summed E-state index contributed by atoms with van der Waals surface area (Å²) in [5.41, 5.74) is 1.96. The van der Waals surface area contributed by atoms with Gasteiger partial charge in [0, 0.05) is 44.4 Å². The van der Waals surface area contributed by atoms with Crippen LogP contribution in [-0.2, 0) is 11.2 Å². The summed E-state index contributed by atoms with van der Waals surface area (Å²) in [6.45, 7) is 5.29. The second kappa shape index (κ2) is 11.6. The van der Waals surface area contributed by atoms with Gasteiger partial charge in [-0.05, 0) is 74.2 Å². The first-order valence-corrected chi connectivity index (χ1v) is 15.3. The average Bonchev–Trinajstić information content (AvgIpc) is 3.74. The van der Waals surface area contributed by atoms with Crippen LogP contribution in [0.25, 0.3) is 17.4 Å². The fourth-order valence-electron chi connectivity index (χ4n) is 6.74. The number of hydrogen-bond donors (Lipinski definition) is 1. The number of nitrogens with one attached hydrogen (secondary N) is 1. The van der Waals surface area contributed by atoms with Crippen LogP contribution in [0, 0.1) is 11.8 Å². The molecule has 1 aromatic heterocycles. The summed E-state index contributed by atoms with van der Waals surface area (Å²) in [5, 5.41) is 3.42. The lowest BCUT2D eigenvalue weighted by Crippen LogP contribution is -2.43. The van der Waals surface area contributed by atoms with Crippen molar-refractivity contribution < 1.29 is 18.7 Å². The van der Waals surface area contributed by atoms with Crippen LogP contribution in [0.4, 0.5) is 0 Å². The fraction of sp³-hybridized carbons (Fsp3) is 0.533. The van der Waals surface area contributed by atoms with E-state index in [4.69, 9.17) is 26.1 Å². The Kier molecular flexibility index (Phi) is 8.03. The van der Waals surface area contributed by atoms with Crippen molar-refractivity contribution in [2.45, 2.75) is 44.6 Å². The molecule has 2 aliphatic carbocycles. The summed E-state index contributed by atoms with van der Waals surface area (Å²) in [6.07, 6.45) is 8.65. The second-order valence-electron chi connectivity index (χ2n) is 11.1. The smallest absolute Gasteiger partial charge is 0.266 e. The van der Waals surface area contributed by atoms with Crippen LogP contribution in [0.1, 0.15) is 43.4 Å². The largest absolute Gasteiger partial charge is 0.497 e. The lowest BCUT2D eigenvalue weighted by atomic mass is 9.94. The Morgan fingerprint density at radius 2 is 2.00 bits per heavy atom. The molecule has 4 fully saturated rings. The van der Waals surface area contributed by atoms with Gasteiger partial charge < -0.3 is 24.1 Å². The number of amides is 1. The van der Waals surface area contributed by atoms with Crippen molar-refractivity contribution in [1.82, 2.24) is 15.1 Å². The molecule has 208 valence electrons. The number of benzene rings is 1. The predicted octanol–water partition coefficient (Wildman–Crippen LogP) is 5.19. The number of thioether (sulfide) groups is 1. The van der Waals surface area contributed by atoms with E-state index in [9.17, 15) is 4.79 Å². The van der Waals surface area contributed by atoms with Gasteiger partial charge in [0.15, 0.2) is 0 Å². The third kappa shape index (κ3) is 5.51. The zero-order valence-corrected chi connectivity index (χ0v) is 24.4. The Morgan fingerprint density at radius 3 is 2.72 bits per heavy atom. The molecule has 1 aromatic carbocycles. The van der Waals surface area contributed by atoms with E-state index >= 15 is 0 Å². The Morgan fingerprint density at radius 1 is 1.15 bits per heavy atom. The molecule has 6 rings (SSSR count). The lowest BCUT2D eigenvalue weighted by Gasteiger charge is -2.30. The molecule has 2 bridgehead atoms. The number of carbonyl (C=O) groups excluding carboxylic acids is 1. The minimum atomic E-state index is 0.0364. The highest BCUT2D eigenvalue weighted by Gasteiger charge is 2.48. The number of nitrogens with zero attached hydrogens (tertiary/aromatic N) is 2. The molecule has 2 saturated carbocycles. The highest BCUT2D eigenvalue weighted by Crippen LogP contribution is 2.49. The minimum absolute atomic E-state index is 0.0364. The highest BCUT2D eigenvalue weighted by atomic mass is 32.2. The summed E-state index contributed by atoms with van der Waals surface area (Å²) in [5.74, 6) is 4.25. The number of ether oxygens (including phenoxy) is 2. The van der Waals surface area contributed by atoms with Crippen molar-refractivity contribution in [1.29, 1.82) is 0 Å². The number of methoxy groups -OCH3 is 2. The van der Waals surface area contributed by atoms with Crippen LogP contribution in [-0.4, -0.2) is 73.0 Å².